The van der Waals surface area contributed by atoms with E-state index in [9.17, 15) is 0 Å². The lowest BCUT2D eigenvalue weighted by Gasteiger charge is -2.35. The standard InChI is InChI=1S/C7H8OS2/c9-7(4-8-5-7)6-2-1-3-10-6/h1-3,9H,4-5H2. The second-order valence-corrected chi connectivity index (χ2v) is 4.31. The fraction of sp³-hybridized carbons (Fsp3) is 0.429. The maximum atomic E-state index is 5.09. The number of thiol groups is 1. The largest absolute Gasteiger partial charge is 0.378 e. The number of rotatable bonds is 1. The average molecular weight is 172 g/mol. The van der Waals surface area contributed by atoms with Gasteiger partial charge in [-0.2, -0.15) is 12.6 Å². The predicted molar refractivity (Wildman–Crippen MR) is 45.8 cm³/mol. The molecular formula is C7H8OS2. The highest BCUT2D eigenvalue weighted by Gasteiger charge is 2.37. The molecule has 1 aliphatic rings. The van der Waals surface area contributed by atoms with E-state index in [2.05, 4.69) is 30.1 Å². The molecule has 2 heterocycles. The Morgan fingerprint density at radius 3 is 2.80 bits per heavy atom. The summed E-state index contributed by atoms with van der Waals surface area (Å²) in [7, 11) is 0. The molecule has 0 N–H and O–H groups in total. The van der Waals surface area contributed by atoms with Gasteiger partial charge in [0.05, 0.1) is 18.0 Å². The third-order valence-electron chi connectivity index (χ3n) is 1.66. The van der Waals surface area contributed by atoms with E-state index in [1.807, 2.05) is 0 Å². The molecule has 10 heavy (non-hydrogen) atoms. The van der Waals surface area contributed by atoms with Crippen LogP contribution < -0.4 is 0 Å². The summed E-state index contributed by atoms with van der Waals surface area (Å²) < 4.78 is 5.13. The molecule has 1 aliphatic heterocycles. The molecule has 0 aromatic carbocycles. The van der Waals surface area contributed by atoms with Gasteiger partial charge in [-0.05, 0) is 11.4 Å². The molecule has 0 spiro atoms. The minimum absolute atomic E-state index is 0.0359. The van der Waals surface area contributed by atoms with Crippen LogP contribution in [0.5, 0.6) is 0 Å². The third-order valence-corrected chi connectivity index (χ3v) is 3.39. The highest BCUT2D eigenvalue weighted by atomic mass is 32.1. The quantitative estimate of drug-likeness (QED) is 0.637. The molecule has 0 unspecified atom stereocenters. The molecule has 3 heteroatoms. The summed E-state index contributed by atoms with van der Waals surface area (Å²) in [5, 5.41) is 2.08. The molecule has 0 amide bonds. The summed E-state index contributed by atoms with van der Waals surface area (Å²) >= 11 is 6.26. The minimum atomic E-state index is 0.0359. The van der Waals surface area contributed by atoms with Gasteiger partial charge in [0, 0.05) is 4.88 Å². The van der Waals surface area contributed by atoms with Crippen LogP contribution in [0.25, 0.3) is 0 Å². The lowest BCUT2D eigenvalue weighted by atomic mass is 10.1. The van der Waals surface area contributed by atoms with Gasteiger partial charge < -0.3 is 4.74 Å². The van der Waals surface area contributed by atoms with Crippen molar-refractivity contribution in [2.24, 2.45) is 0 Å². The van der Waals surface area contributed by atoms with Gasteiger partial charge in [-0.3, -0.25) is 0 Å². The van der Waals surface area contributed by atoms with Crippen LogP contribution in [0.3, 0.4) is 0 Å². The van der Waals surface area contributed by atoms with Crippen LogP contribution >= 0.6 is 24.0 Å². The Kier molecular flexibility index (Phi) is 1.51. The van der Waals surface area contributed by atoms with Crippen LogP contribution in [-0.4, -0.2) is 13.2 Å². The summed E-state index contributed by atoms with van der Waals surface area (Å²) in [4.78, 5) is 1.32. The number of thiophene rings is 1. The van der Waals surface area contributed by atoms with Crippen LogP contribution in [0.1, 0.15) is 4.88 Å². The monoisotopic (exact) mass is 172 g/mol. The topological polar surface area (TPSA) is 9.23 Å². The smallest absolute Gasteiger partial charge is 0.0937 e. The van der Waals surface area contributed by atoms with Crippen molar-refractivity contribution in [1.82, 2.24) is 0 Å². The summed E-state index contributed by atoms with van der Waals surface area (Å²) in [6.07, 6.45) is 0. The minimum Gasteiger partial charge on any atom is -0.378 e. The van der Waals surface area contributed by atoms with Gasteiger partial charge in [-0.25, -0.2) is 0 Å². The Morgan fingerprint density at radius 1 is 1.60 bits per heavy atom. The molecular weight excluding hydrogens is 164 g/mol. The highest BCUT2D eigenvalue weighted by Crippen LogP contribution is 2.38. The lowest BCUT2D eigenvalue weighted by molar-refractivity contribution is -0.00810. The van der Waals surface area contributed by atoms with Crippen molar-refractivity contribution < 1.29 is 4.74 Å². The van der Waals surface area contributed by atoms with Crippen molar-refractivity contribution >= 4 is 24.0 Å². The molecule has 0 radical (unpaired) electrons. The Morgan fingerprint density at radius 2 is 2.40 bits per heavy atom. The van der Waals surface area contributed by atoms with Crippen molar-refractivity contribution in [3.05, 3.63) is 22.4 Å². The highest BCUT2D eigenvalue weighted by molar-refractivity contribution is 7.81. The Bertz CT molecular complexity index is 214. The second-order valence-electron chi connectivity index (χ2n) is 2.50. The van der Waals surface area contributed by atoms with Gasteiger partial charge in [0.15, 0.2) is 0 Å². The van der Waals surface area contributed by atoms with E-state index in [0.29, 0.717) is 0 Å². The van der Waals surface area contributed by atoms with E-state index < -0.39 is 0 Å². The van der Waals surface area contributed by atoms with Gasteiger partial charge in [0.2, 0.25) is 0 Å². The van der Waals surface area contributed by atoms with Gasteiger partial charge in [-0.1, -0.05) is 6.07 Å². The number of ether oxygens (including phenoxy) is 1. The number of hydrogen-bond donors (Lipinski definition) is 1. The van der Waals surface area contributed by atoms with Crippen LogP contribution in [-0.2, 0) is 9.48 Å². The second kappa shape index (κ2) is 2.26. The third kappa shape index (κ3) is 0.892. The first-order valence-electron chi connectivity index (χ1n) is 3.15. The summed E-state index contributed by atoms with van der Waals surface area (Å²) in [5.74, 6) is 0. The van der Waals surface area contributed by atoms with Crippen LogP contribution in [0.15, 0.2) is 17.5 Å². The average Bonchev–Trinajstić information content (AvgIpc) is 2.33. The van der Waals surface area contributed by atoms with E-state index in [1.54, 1.807) is 11.3 Å². The zero-order valence-corrected chi connectivity index (χ0v) is 7.12. The molecule has 0 saturated carbocycles. The zero-order valence-electron chi connectivity index (χ0n) is 5.41. The summed E-state index contributed by atoms with van der Waals surface area (Å²) in [5.41, 5.74) is 0. The Balaban J connectivity index is 2.27. The van der Waals surface area contributed by atoms with Crippen molar-refractivity contribution in [3.8, 4) is 0 Å². The molecule has 2 rings (SSSR count). The van der Waals surface area contributed by atoms with Crippen LogP contribution in [0.2, 0.25) is 0 Å². The molecule has 1 nitrogen and oxygen atoms in total. The van der Waals surface area contributed by atoms with E-state index in [-0.39, 0.29) is 4.75 Å². The fourth-order valence-electron chi connectivity index (χ4n) is 0.981. The SMILES string of the molecule is SC1(c2cccs2)COC1. The first kappa shape index (κ1) is 6.70. The fourth-order valence-corrected chi connectivity index (χ4v) is 2.19. The van der Waals surface area contributed by atoms with Gasteiger partial charge in [0.25, 0.3) is 0 Å². The Labute approximate surface area is 69.4 Å². The van der Waals surface area contributed by atoms with Gasteiger partial charge in [-0.15, -0.1) is 11.3 Å². The lowest BCUT2D eigenvalue weighted by Crippen LogP contribution is -2.40. The van der Waals surface area contributed by atoms with Crippen molar-refractivity contribution in [3.63, 3.8) is 0 Å². The molecule has 0 bridgehead atoms. The maximum Gasteiger partial charge on any atom is 0.0937 e. The zero-order chi connectivity index (χ0) is 7.03. The molecule has 1 aromatic heterocycles. The molecule has 1 saturated heterocycles. The Hall–Kier alpha value is 0.01000. The maximum absolute atomic E-state index is 5.09. The van der Waals surface area contributed by atoms with Crippen LogP contribution in [0.4, 0.5) is 0 Å². The van der Waals surface area contributed by atoms with Crippen molar-refractivity contribution in [2.45, 2.75) is 4.75 Å². The molecule has 1 aromatic rings. The summed E-state index contributed by atoms with van der Waals surface area (Å²) in [6.45, 7) is 1.52. The normalized spacial score (nSPS) is 22.1. The van der Waals surface area contributed by atoms with E-state index in [4.69, 9.17) is 4.74 Å². The van der Waals surface area contributed by atoms with E-state index >= 15 is 0 Å². The van der Waals surface area contributed by atoms with Crippen LogP contribution in [0, 0.1) is 0 Å². The summed E-state index contributed by atoms with van der Waals surface area (Å²) in [6, 6.07) is 4.16. The van der Waals surface area contributed by atoms with Gasteiger partial charge >= 0.3 is 0 Å². The molecule has 0 aliphatic carbocycles. The number of hydrogen-bond acceptors (Lipinski definition) is 3. The van der Waals surface area contributed by atoms with E-state index in [0.717, 1.165) is 13.2 Å². The molecule has 1 fully saturated rings. The van der Waals surface area contributed by atoms with Crippen molar-refractivity contribution in [1.29, 1.82) is 0 Å². The van der Waals surface area contributed by atoms with E-state index in [1.165, 1.54) is 4.88 Å². The molecule has 54 valence electrons. The first-order chi connectivity index (χ1) is 4.81. The first-order valence-corrected chi connectivity index (χ1v) is 4.48. The predicted octanol–water partition coefficient (Wildman–Crippen LogP) is 1.90. The van der Waals surface area contributed by atoms with Gasteiger partial charge in [0.1, 0.15) is 0 Å². The molecule has 0 atom stereocenters. The van der Waals surface area contributed by atoms with Crippen molar-refractivity contribution in [2.75, 3.05) is 13.2 Å².